The smallest absolute Gasteiger partial charge is 0.224 e. The summed E-state index contributed by atoms with van der Waals surface area (Å²) < 4.78 is 1.92. The van der Waals surface area contributed by atoms with Gasteiger partial charge in [-0.3, -0.25) is 4.79 Å². The van der Waals surface area contributed by atoms with Crippen molar-refractivity contribution < 1.29 is 4.79 Å². The van der Waals surface area contributed by atoms with Gasteiger partial charge in [-0.15, -0.1) is 10.2 Å². The molecule has 158 valence electrons. The van der Waals surface area contributed by atoms with Crippen molar-refractivity contribution in [2.45, 2.75) is 46.7 Å². The Morgan fingerprint density at radius 1 is 1.21 bits per heavy atom. The van der Waals surface area contributed by atoms with Crippen LogP contribution in [0.3, 0.4) is 0 Å². The van der Waals surface area contributed by atoms with E-state index in [0.29, 0.717) is 25.5 Å². The Labute approximate surface area is 173 Å². The number of benzene rings is 1. The Morgan fingerprint density at radius 3 is 2.48 bits per heavy atom. The zero-order valence-corrected chi connectivity index (χ0v) is 18.1. The van der Waals surface area contributed by atoms with Gasteiger partial charge in [-0.05, 0) is 33.3 Å². The number of carbonyl (C=O) groups excluding carboxylic acids is 1. The van der Waals surface area contributed by atoms with Crippen LogP contribution in [0.4, 0.5) is 0 Å². The Hall–Kier alpha value is -2.90. The van der Waals surface area contributed by atoms with Crippen molar-refractivity contribution in [1.29, 1.82) is 0 Å². The summed E-state index contributed by atoms with van der Waals surface area (Å²) in [5.74, 6) is 2.42. The van der Waals surface area contributed by atoms with E-state index in [1.54, 1.807) is 0 Å². The largest absolute Gasteiger partial charge is 0.356 e. The van der Waals surface area contributed by atoms with Gasteiger partial charge in [-0.25, -0.2) is 4.99 Å². The van der Waals surface area contributed by atoms with Crippen LogP contribution in [0.25, 0.3) is 0 Å². The van der Waals surface area contributed by atoms with Crippen LogP contribution in [0, 0.1) is 6.92 Å². The maximum atomic E-state index is 12.3. The SMILES string of the molecule is CCN(CC)C(=O)CCNC(=NCc1nnc(C)n1C)NC(C)c1ccccc1. The molecule has 0 saturated heterocycles. The molecule has 2 aromatic rings. The van der Waals surface area contributed by atoms with E-state index >= 15 is 0 Å². The van der Waals surface area contributed by atoms with Crippen molar-refractivity contribution in [3.63, 3.8) is 0 Å². The predicted molar refractivity (Wildman–Crippen MR) is 115 cm³/mol. The first-order chi connectivity index (χ1) is 14.0. The molecule has 1 aromatic heterocycles. The van der Waals surface area contributed by atoms with Crippen molar-refractivity contribution in [3.8, 4) is 0 Å². The lowest BCUT2D eigenvalue weighted by Crippen LogP contribution is -2.41. The van der Waals surface area contributed by atoms with Gasteiger partial charge in [0.1, 0.15) is 12.4 Å². The Morgan fingerprint density at radius 2 is 1.90 bits per heavy atom. The molecule has 0 bridgehead atoms. The maximum Gasteiger partial charge on any atom is 0.224 e. The van der Waals surface area contributed by atoms with E-state index < -0.39 is 0 Å². The van der Waals surface area contributed by atoms with Crippen LogP contribution in [0.1, 0.15) is 50.4 Å². The number of rotatable bonds is 9. The highest BCUT2D eigenvalue weighted by atomic mass is 16.2. The summed E-state index contributed by atoms with van der Waals surface area (Å²) in [4.78, 5) is 18.8. The molecule has 1 amide bonds. The first kappa shape index (κ1) is 22.4. The van der Waals surface area contributed by atoms with Gasteiger partial charge < -0.3 is 20.1 Å². The van der Waals surface area contributed by atoms with Crippen LogP contribution in [0.15, 0.2) is 35.3 Å². The van der Waals surface area contributed by atoms with Crippen molar-refractivity contribution in [3.05, 3.63) is 47.5 Å². The van der Waals surface area contributed by atoms with E-state index in [4.69, 9.17) is 0 Å². The Kier molecular flexibility index (Phi) is 8.64. The average Bonchev–Trinajstić information content (AvgIpc) is 3.05. The number of hydrogen-bond acceptors (Lipinski definition) is 4. The van der Waals surface area contributed by atoms with Crippen LogP contribution >= 0.6 is 0 Å². The molecule has 0 aliphatic rings. The highest BCUT2D eigenvalue weighted by Gasteiger charge is 2.12. The monoisotopic (exact) mass is 399 g/mol. The minimum absolute atomic E-state index is 0.0715. The quantitative estimate of drug-likeness (QED) is 0.498. The summed E-state index contributed by atoms with van der Waals surface area (Å²) in [7, 11) is 1.93. The Bertz CT molecular complexity index is 797. The molecule has 29 heavy (non-hydrogen) atoms. The fraction of sp³-hybridized carbons (Fsp3) is 0.524. The fourth-order valence-corrected chi connectivity index (χ4v) is 2.94. The summed E-state index contributed by atoms with van der Waals surface area (Å²) in [6.07, 6.45) is 0.422. The van der Waals surface area contributed by atoms with Crippen LogP contribution in [0.5, 0.6) is 0 Å². The molecule has 8 nitrogen and oxygen atoms in total. The summed E-state index contributed by atoms with van der Waals surface area (Å²) in [5.41, 5.74) is 1.16. The van der Waals surface area contributed by atoms with Gasteiger partial charge in [0.25, 0.3) is 0 Å². The van der Waals surface area contributed by atoms with Gasteiger partial charge in [0.05, 0.1) is 6.04 Å². The van der Waals surface area contributed by atoms with E-state index in [1.165, 1.54) is 0 Å². The molecule has 2 rings (SSSR count). The van der Waals surface area contributed by atoms with Gasteiger partial charge >= 0.3 is 0 Å². The number of aryl methyl sites for hydroxylation is 1. The van der Waals surface area contributed by atoms with E-state index in [9.17, 15) is 4.79 Å². The van der Waals surface area contributed by atoms with Crippen LogP contribution in [-0.2, 0) is 18.4 Å². The number of hydrogen-bond donors (Lipinski definition) is 2. The molecule has 2 N–H and O–H groups in total. The number of guanidine groups is 1. The first-order valence-corrected chi connectivity index (χ1v) is 10.2. The second kappa shape index (κ2) is 11.2. The third-order valence-corrected chi connectivity index (χ3v) is 4.96. The summed E-state index contributed by atoms with van der Waals surface area (Å²) in [6.45, 7) is 10.4. The van der Waals surface area contributed by atoms with E-state index in [-0.39, 0.29) is 11.9 Å². The van der Waals surface area contributed by atoms with Gasteiger partial charge in [0.2, 0.25) is 5.91 Å². The molecule has 0 fully saturated rings. The zero-order chi connectivity index (χ0) is 21.2. The van der Waals surface area contributed by atoms with E-state index in [1.807, 2.05) is 55.5 Å². The number of carbonyl (C=O) groups is 1. The second-order valence-electron chi connectivity index (χ2n) is 6.91. The normalized spacial score (nSPS) is 12.5. The van der Waals surface area contributed by atoms with Gasteiger partial charge in [-0.1, -0.05) is 30.3 Å². The topological polar surface area (TPSA) is 87.4 Å². The van der Waals surface area contributed by atoms with Gasteiger partial charge in [0.15, 0.2) is 11.8 Å². The fourth-order valence-electron chi connectivity index (χ4n) is 2.94. The summed E-state index contributed by atoms with van der Waals surface area (Å²) in [6, 6.07) is 10.3. The van der Waals surface area contributed by atoms with E-state index in [2.05, 4.69) is 44.9 Å². The van der Waals surface area contributed by atoms with Crippen molar-refractivity contribution >= 4 is 11.9 Å². The molecule has 1 aromatic carbocycles. The molecular formula is C21H33N7O. The molecule has 0 radical (unpaired) electrons. The lowest BCUT2D eigenvalue weighted by molar-refractivity contribution is -0.130. The molecule has 1 atom stereocenters. The zero-order valence-electron chi connectivity index (χ0n) is 18.1. The van der Waals surface area contributed by atoms with Crippen molar-refractivity contribution in [2.24, 2.45) is 12.0 Å². The number of nitrogens with zero attached hydrogens (tertiary/aromatic N) is 5. The molecule has 0 aliphatic heterocycles. The minimum atomic E-state index is 0.0715. The van der Waals surface area contributed by atoms with Crippen molar-refractivity contribution in [2.75, 3.05) is 19.6 Å². The van der Waals surface area contributed by atoms with Crippen LogP contribution in [0.2, 0.25) is 0 Å². The number of amides is 1. The standard InChI is InChI=1S/C21H33N7O/c1-6-28(7-2)20(29)13-14-22-21(23-15-19-26-25-17(4)27(19)5)24-16(3)18-11-9-8-10-12-18/h8-12,16H,6-7,13-15H2,1-5H3,(H2,22,23,24). The Balaban J connectivity index is 2.04. The lowest BCUT2D eigenvalue weighted by atomic mass is 10.1. The van der Waals surface area contributed by atoms with Gasteiger partial charge in [-0.2, -0.15) is 0 Å². The molecule has 1 heterocycles. The molecule has 0 saturated carbocycles. The third kappa shape index (κ3) is 6.58. The summed E-state index contributed by atoms with van der Waals surface area (Å²) in [5, 5.41) is 14.9. The number of aromatic nitrogens is 3. The molecule has 0 aliphatic carbocycles. The number of nitrogens with one attached hydrogen (secondary N) is 2. The second-order valence-corrected chi connectivity index (χ2v) is 6.91. The van der Waals surface area contributed by atoms with Crippen molar-refractivity contribution in [1.82, 2.24) is 30.3 Å². The third-order valence-electron chi connectivity index (χ3n) is 4.96. The molecule has 0 spiro atoms. The predicted octanol–water partition coefficient (Wildman–Crippen LogP) is 2.18. The van der Waals surface area contributed by atoms with Crippen LogP contribution < -0.4 is 10.6 Å². The molecule has 1 unspecified atom stereocenters. The molecular weight excluding hydrogens is 366 g/mol. The highest BCUT2D eigenvalue weighted by molar-refractivity contribution is 5.81. The minimum Gasteiger partial charge on any atom is -0.356 e. The average molecular weight is 400 g/mol. The maximum absolute atomic E-state index is 12.3. The van der Waals surface area contributed by atoms with Crippen LogP contribution in [-0.4, -0.2) is 51.2 Å². The number of aliphatic imine (C=N–C) groups is 1. The molecule has 8 heteroatoms. The summed E-state index contributed by atoms with van der Waals surface area (Å²) >= 11 is 0. The van der Waals surface area contributed by atoms with E-state index in [0.717, 1.165) is 30.3 Å². The highest BCUT2D eigenvalue weighted by Crippen LogP contribution is 2.11. The lowest BCUT2D eigenvalue weighted by Gasteiger charge is -2.21. The first-order valence-electron chi connectivity index (χ1n) is 10.2. The van der Waals surface area contributed by atoms with Gasteiger partial charge in [0, 0.05) is 33.1 Å².